The van der Waals surface area contributed by atoms with E-state index >= 15 is 0 Å². The molecule has 7 heteroatoms. The van der Waals surface area contributed by atoms with Crippen molar-refractivity contribution in [3.8, 4) is 0 Å². The van der Waals surface area contributed by atoms with Crippen molar-refractivity contribution in [1.82, 2.24) is 15.5 Å². The quantitative estimate of drug-likeness (QED) is 0.724. The molecule has 1 aliphatic carbocycles. The minimum Gasteiger partial charge on any atom is -0.335 e. The van der Waals surface area contributed by atoms with Gasteiger partial charge in [0.15, 0.2) is 0 Å². The van der Waals surface area contributed by atoms with Gasteiger partial charge in [-0.2, -0.15) is 0 Å². The molecule has 0 unspecified atom stereocenters. The van der Waals surface area contributed by atoms with E-state index in [0.717, 1.165) is 51.6 Å². The van der Waals surface area contributed by atoms with Crippen LogP contribution in [0.3, 0.4) is 0 Å². The number of likely N-dealkylation sites (tertiary alicyclic amines) is 1. The maximum Gasteiger partial charge on any atom is 0.321 e. The second kappa shape index (κ2) is 9.23. The molecule has 0 radical (unpaired) electrons. The first kappa shape index (κ1) is 18.2. The number of hydrogen-bond donors (Lipinski definition) is 3. The average molecular weight is 319 g/mol. The highest BCUT2D eigenvalue weighted by molar-refractivity contribution is 5.95. The van der Waals surface area contributed by atoms with Crippen molar-refractivity contribution in [2.24, 2.45) is 5.73 Å². The van der Waals surface area contributed by atoms with Crippen LogP contribution in [0.2, 0.25) is 0 Å². The smallest absolute Gasteiger partial charge is 0.321 e. The molecule has 1 heterocycles. The fraction of sp³-hybridized carbons (Fsp3) is 0.857. The first-order valence-corrected chi connectivity index (χ1v) is 7.72. The van der Waals surface area contributed by atoms with Crippen LogP contribution < -0.4 is 16.4 Å². The third kappa shape index (κ3) is 6.63. The standard InChI is InChI=1S/C14H26N4O2.ClH/c15-11-6-8-18(9-7-11)10-13(19)17-14(20)16-12-4-2-1-3-5-12;/h11-12H,1-10,15H2,(H2,16,17,19,20);1H. The van der Waals surface area contributed by atoms with Crippen LogP contribution in [0.15, 0.2) is 0 Å². The molecular weight excluding hydrogens is 292 g/mol. The van der Waals surface area contributed by atoms with E-state index in [1.54, 1.807) is 0 Å². The molecule has 0 aromatic carbocycles. The SMILES string of the molecule is Cl.NC1CCN(CC(=O)NC(=O)NC2CCCCC2)CC1. The molecule has 2 aliphatic rings. The number of halogens is 1. The summed E-state index contributed by atoms with van der Waals surface area (Å²) < 4.78 is 0. The lowest BCUT2D eigenvalue weighted by molar-refractivity contribution is -0.121. The lowest BCUT2D eigenvalue weighted by Gasteiger charge is -2.29. The van der Waals surface area contributed by atoms with Crippen LogP contribution in [0.4, 0.5) is 4.79 Å². The molecular formula is C14H27ClN4O2. The molecule has 3 amide bonds. The van der Waals surface area contributed by atoms with Crippen LogP contribution in [-0.2, 0) is 4.79 Å². The van der Waals surface area contributed by atoms with E-state index in [1.165, 1.54) is 6.42 Å². The monoisotopic (exact) mass is 318 g/mol. The van der Waals surface area contributed by atoms with Gasteiger partial charge in [-0.15, -0.1) is 12.4 Å². The summed E-state index contributed by atoms with van der Waals surface area (Å²) in [5.41, 5.74) is 5.82. The van der Waals surface area contributed by atoms with Gasteiger partial charge in [-0.05, 0) is 25.7 Å². The molecule has 0 atom stereocenters. The van der Waals surface area contributed by atoms with Crippen molar-refractivity contribution in [3.05, 3.63) is 0 Å². The van der Waals surface area contributed by atoms with Gasteiger partial charge in [-0.1, -0.05) is 19.3 Å². The summed E-state index contributed by atoms with van der Waals surface area (Å²) in [5, 5.41) is 5.31. The second-order valence-corrected chi connectivity index (χ2v) is 5.97. The number of nitrogens with two attached hydrogens (primary N) is 1. The zero-order valence-electron chi connectivity index (χ0n) is 12.5. The molecule has 2 rings (SSSR count). The number of amides is 3. The maximum atomic E-state index is 11.8. The van der Waals surface area contributed by atoms with E-state index in [2.05, 4.69) is 10.6 Å². The van der Waals surface area contributed by atoms with E-state index < -0.39 is 0 Å². The van der Waals surface area contributed by atoms with E-state index in [-0.39, 0.29) is 43.0 Å². The predicted molar refractivity (Wildman–Crippen MR) is 84.4 cm³/mol. The number of rotatable bonds is 3. The van der Waals surface area contributed by atoms with Gasteiger partial charge in [0.25, 0.3) is 0 Å². The number of carbonyl (C=O) groups excluding carboxylic acids is 2. The summed E-state index contributed by atoms with van der Waals surface area (Å²) in [4.78, 5) is 25.6. The lowest BCUT2D eigenvalue weighted by Crippen LogP contribution is -2.49. The predicted octanol–water partition coefficient (Wildman–Crippen LogP) is 0.990. The van der Waals surface area contributed by atoms with E-state index in [1.807, 2.05) is 4.90 Å². The van der Waals surface area contributed by atoms with E-state index in [4.69, 9.17) is 5.73 Å². The molecule has 21 heavy (non-hydrogen) atoms. The van der Waals surface area contributed by atoms with Gasteiger partial charge >= 0.3 is 6.03 Å². The molecule has 1 aliphatic heterocycles. The number of imide groups is 1. The molecule has 0 aromatic rings. The van der Waals surface area contributed by atoms with Crippen LogP contribution in [0.1, 0.15) is 44.9 Å². The summed E-state index contributed by atoms with van der Waals surface area (Å²) >= 11 is 0. The molecule has 122 valence electrons. The summed E-state index contributed by atoms with van der Waals surface area (Å²) in [6, 6.07) is 0.129. The highest BCUT2D eigenvalue weighted by Gasteiger charge is 2.20. The van der Waals surface area contributed by atoms with Gasteiger partial charge < -0.3 is 11.1 Å². The van der Waals surface area contributed by atoms with E-state index in [9.17, 15) is 9.59 Å². The molecule has 6 nitrogen and oxygen atoms in total. The Bertz CT molecular complexity index is 340. The topological polar surface area (TPSA) is 87.5 Å². The summed E-state index contributed by atoms with van der Waals surface area (Å²) in [7, 11) is 0. The maximum absolute atomic E-state index is 11.8. The Hall–Kier alpha value is -0.850. The number of hydrogen-bond acceptors (Lipinski definition) is 4. The highest BCUT2D eigenvalue weighted by Crippen LogP contribution is 2.17. The van der Waals surface area contributed by atoms with Crippen molar-refractivity contribution in [1.29, 1.82) is 0 Å². The lowest BCUT2D eigenvalue weighted by atomic mass is 9.96. The van der Waals surface area contributed by atoms with Crippen LogP contribution in [0.5, 0.6) is 0 Å². The largest absolute Gasteiger partial charge is 0.335 e. The Kier molecular flexibility index (Phi) is 8.00. The van der Waals surface area contributed by atoms with Crippen LogP contribution >= 0.6 is 12.4 Å². The number of nitrogens with zero attached hydrogens (tertiary/aromatic N) is 1. The third-order valence-corrected chi connectivity index (χ3v) is 4.19. The van der Waals surface area contributed by atoms with Crippen molar-refractivity contribution in [2.45, 2.75) is 57.0 Å². The zero-order valence-corrected chi connectivity index (χ0v) is 13.3. The van der Waals surface area contributed by atoms with Crippen LogP contribution in [0.25, 0.3) is 0 Å². The van der Waals surface area contributed by atoms with Gasteiger partial charge in [0, 0.05) is 25.2 Å². The summed E-state index contributed by atoms with van der Waals surface area (Å²) in [5.74, 6) is -0.228. The van der Waals surface area contributed by atoms with Crippen LogP contribution in [0, 0.1) is 0 Å². The van der Waals surface area contributed by atoms with Crippen molar-refractivity contribution >= 4 is 24.3 Å². The third-order valence-electron chi connectivity index (χ3n) is 4.19. The van der Waals surface area contributed by atoms with Crippen molar-refractivity contribution in [3.63, 3.8) is 0 Å². The Morgan fingerprint density at radius 2 is 1.67 bits per heavy atom. The fourth-order valence-corrected chi connectivity index (χ4v) is 2.95. The zero-order chi connectivity index (χ0) is 14.4. The van der Waals surface area contributed by atoms with Gasteiger partial charge in [0.1, 0.15) is 0 Å². The van der Waals surface area contributed by atoms with Gasteiger partial charge in [-0.3, -0.25) is 15.0 Å². The Labute approximate surface area is 132 Å². The highest BCUT2D eigenvalue weighted by atomic mass is 35.5. The first-order valence-electron chi connectivity index (χ1n) is 7.72. The van der Waals surface area contributed by atoms with Gasteiger partial charge in [0.2, 0.25) is 5.91 Å². The number of piperidine rings is 1. The second-order valence-electron chi connectivity index (χ2n) is 5.97. The molecule has 4 N–H and O–H groups in total. The Balaban J connectivity index is 0.00000220. The minimum atomic E-state index is -0.351. The molecule has 2 fully saturated rings. The molecule has 0 bridgehead atoms. The molecule has 0 aromatic heterocycles. The minimum absolute atomic E-state index is 0. The van der Waals surface area contributed by atoms with Crippen LogP contribution in [-0.4, -0.2) is 48.6 Å². The average Bonchev–Trinajstić information content (AvgIpc) is 2.42. The number of carbonyl (C=O) groups is 2. The number of urea groups is 1. The van der Waals surface area contributed by atoms with E-state index in [0.29, 0.717) is 0 Å². The Morgan fingerprint density at radius 1 is 1.05 bits per heavy atom. The fourth-order valence-electron chi connectivity index (χ4n) is 2.95. The molecule has 0 spiro atoms. The van der Waals surface area contributed by atoms with Crippen molar-refractivity contribution < 1.29 is 9.59 Å². The number of nitrogens with one attached hydrogen (secondary N) is 2. The summed E-state index contributed by atoms with van der Waals surface area (Å²) in [6.45, 7) is 1.95. The van der Waals surface area contributed by atoms with Gasteiger partial charge in [-0.25, -0.2) is 4.79 Å². The first-order chi connectivity index (χ1) is 9.63. The summed E-state index contributed by atoms with van der Waals surface area (Å²) in [6.07, 6.45) is 7.44. The molecule has 1 saturated heterocycles. The molecule has 1 saturated carbocycles. The normalized spacial score (nSPS) is 21.4. The Morgan fingerprint density at radius 3 is 2.29 bits per heavy atom. The van der Waals surface area contributed by atoms with Gasteiger partial charge in [0.05, 0.1) is 6.54 Å². The van der Waals surface area contributed by atoms with Crippen molar-refractivity contribution in [2.75, 3.05) is 19.6 Å².